The summed E-state index contributed by atoms with van der Waals surface area (Å²) in [4.78, 5) is 0. The molecule has 0 saturated carbocycles. The molecule has 106 valence electrons. The third kappa shape index (κ3) is 2.03. The predicted molar refractivity (Wildman–Crippen MR) is 76.3 cm³/mol. The zero-order valence-electron chi connectivity index (χ0n) is 11.5. The Hall–Kier alpha value is -2.36. The lowest BCUT2D eigenvalue weighted by Crippen LogP contribution is -2.22. The Labute approximate surface area is 117 Å². The summed E-state index contributed by atoms with van der Waals surface area (Å²) in [6.45, 7) is 3.75. The minimum atomic E-state index is -0.731. The van der Waals surface area contributed by atoms with Crippen molar-refractivity contribution in [1.82, 2.24) is 0 Å². The van der Waals surface area contributed by atoms with Crippen molar-refractivity contribution in [2.75, 3.05) is 0 Å². The SMILES string of the molecule is CCC(C)(c1cccc(O)c1O)c1cccc(O)c1O. The fourth-order valence-corrected chi connectivity index (χ4v) is 2.48. The zero-order chi connectivity index (χ0) is 14.9. The van der Waals surface area contributed by atoms with Gasteiger partial charge in [-0.25, -0.2) is 0 Å². The van der Waals surface area contributed by atoms with Crippen molar-refractivity contribution in [3.8, 4) is 23.0 Å². The molecule has 0 unspecified atom stereocenters. The van der Waals surface area contributed by atoms with Gasteiger partial charge in [0.2, 0.25) is 0 Å². The summed E-state index contributed by atoms with van der Waals surface area (Å²) < 4.78 is 0. The van der Waals surface area contributed by atoms with Crippen molar-refractivity contribution in [2.45, 2.75) is 25.7 Å². The quantitative estimate of drug-likeness (QED) is 0.648. The summed E-state index contributed by atoms with van der Waals surface area (Å²) >= 11 is 0. The highest BCUT2D eigenvalue weighted by molar-refractivity contribution is 5.57. The number of aromatic hydroxyl groups is 4. The lowest BCUT2D eigenvalue weighted by molar-refractivity contribution is 0.373. The summed E-state index contributed by atoms with van der Waals surface area (Å²) in [5.41, 5.74) is 0.271. The molecule has 2 aromatic rings. The van der Waals surface area contributed by atoms with Gasteiger partial charge < -0.3 is 20.4 Å². The average molecular weight is 274 g/mol. The van der Waals surface area contributed by atoms with Crippen LogP contribution in [0.25, 0.3) is 0 Å². The predicted octanol–water partition coefficient (Wildman–Crippen LogP) is 3.23. The first-order valence-corrected chi connectivity index (χ1v) is 6.44. The first-order valence-electron chi connectivity index (χ1n) is 6.44. The minimum absolute atomic E-state index is 0.207. The third-order valence-electron chi connectivity index (χ3n) is 3.93. The second-order valence-corrected chi connectivity index (χ2v) is 5.03. The summed E-state index contributed by atoms with van der Waals surface area (Å²) in [6.07, 6.45) is 0.570. The summed E-state index contributed by atoms with van der Waals surface area (Å²) in [6, 6.07) is 9.47. The molecule has 0 aromatic heterocycles. The molecule has 0 spiro atoms. The van der Waals surface area contributed by atoms with E-state index in [9.17, 15) is 20.4 Å². The number of benzene rings is 2. The van der Waals surface area contributed by atoms with Crippen molar-refractivity contribution in [2.24, 2.45) is 0 Å². The molecule has 20 heavy (non-hydrogen) atoms. The van der Waals surface area contributed by atoms with Crippen LogP contribution in [0.3, 0.4) is 0 Å². The van der Waals surface area contributed by atoms with E-state index in [1.807, 2.05) is 13.8 Å². The molecule has 0 bridgehead atoms. The molecule has 0 aliphatic rings. The van der Waals surface area contributed by atoms with Crippen LogP contribution in [0.1, 0.15) is 31.4 Å². The van der Waals surface area contributed by atoms with Crippen LogP contribution in [-0.2, 0) is 5.41 Å². The number of hydrogen-bond acceptors (Lipinski definition) is 4. The van der Waals surface area contributed by atoms with Gasteiger partial charge in [-0.1, -0.05) is 38.1 Å². The maximum Gasteiger partial charge on any atom is 0.161 e. The Bertz CT molecular complexity index is 583. The van der Waals surface area contributed by atoms with E-state index in [1.165, 1.54) is 12.1 Å². The van der Waals surface area contributed by atoms with Crippen molar-refractivity contribution >= 4 is 0 Å². The first kappa shape index (κ1) is 14.1. The van der Waals surface area contributed by atoms with Crippen LogP contribution < -0.4 is 0 Å². The molecule has 0 amide bonds. The molecule has 0 fully saturated rings. The largest absolute Gasteiger partial charge is 0.504 e. The molecule has 0 radical (unpaired) electrons. The molecule has 0 aliphatic heterocycles. The number of phenols is 4. The van der Waals surface area contributed by atoms with Gasteiger partial charge in [0.1, 0.15) is 0 Å². The van der Waals surface area contributed by atoms with Crippen molar-refractivity contribution in [1.29, 1.82) is 0 Å². The smallest absolute Gasteiger partial charge is 0.161 e. The highest BCUT2D eigenvalue weighted by Gasteiger charge is 2.33. The van der Waals surface area contributed by atoms with Gasteiger partial charge in [-0.15, -0.1) is 0 Å². The van der Waals surface area contributed by atoms with Crippen LogP contribution in [0.2, 0.25) is 0 Å². The van der Waals surface area contributed by atoms with Gasteiger partial charge in [0, 0.05) is 16.5 Å². The van der Waals surface area contributed by atoms with Gasteiger partial charge in [0.05, 0.1) is 0 Å². The van der Waals surface area contributed by atoms with E-state index in [1.54, 1.807) is 24.3 Å². The number of hydrogen-bond donors (Lipinski definition) is 4. The van der Waals surface area contributed by atoms with E-state index in [2.05, 4.69) is 0 Å². The van der Waals surface area contributed by atoms with Crippen molar-refractivity contribution < 1.29 is 20.4 Å². The van der Waals surface area contributed by atoms with Crippen molar-refractivity contribution in [3.05, 3.63) is 47.5 Å². The molecular formula is C16H18O4. The summed E-state index contributed by atoms with van der Waals surface area (Å²) in [7, 11) is 0. The fraction of sp³-hybridized carbons (Fsp3) is 0.250. The highest BCUT2D eigenvalue weighted by atomic mass is 16.3. The minimum Gasteiger partial charge on any atom is -0.504 e. The van der Waals surface area contributed by atoms with Gasteiger partial charge >= 0.3 is 0 Å². The Balaban J connectivity index is 2.71. The molecular weight excluding hydrogens is 256 g/mol. The van der Waals surface area contributed by atoms with Crippen LogP contribution in [0.4, 0.5) is 0 Å². The number of rotatable bonds is 3. The highest BCUT2D eigenvalue weighted by Crippen LogP contribution is 2.47. The number of phenolic OH excluding ortho intramolecular Hbond substituents is 4. The van der Waals surface area contributed by atoms with Gasteiger partial charge in [0.25, 0.3) is 0 Å². The van der Waals surface area contributed by atoms with Gasteiger partial charge in [-0.3, -0.25) is 0 Å². The molecule has 0 aliphatic carbocycles. The van der Waals surface area contributed by atoms with Crippen molar-refractivity contribution in [3.63, 3.8) is 0 Å². The van der Waals surface area contributed by atoms with E-state index in [0.717, 1.165) is 0 Å². The maximum atomic E-state index is 10.1. The molecule has 0 saturated heterocycles. The average Bonchev–Trinajstić information content (AvgIpc) is 2.44. The molecule has 2 rings (SSSR count). The Morgan fingerprint density at radius 3 is 1.55 bits per heavy atom. The van der Waals surface area contributed by atoms with Crippen LogP contribution in [0.15, 0.2) is 36.4 Å². The van der Waals surface area contributed by atoms with E-state index in [0.29, 0.717) is 17.5 Å². The topological polar surface area (TPSA) is 80.9 Å². The Morgan fingerprint density at radius 1 is 0.800 bits per heavy atom. The normalized spacial score (nSPS) is 11.5. The lowest BCUT2D eigenvalue weighted by Gasteiger charge is -2.31. The zero-order valence-corrected chi connectivity index (χ0v) is 11.5. The van der Waals surface area contributed by atoms with Gasteiger partial charge in [-0.2, -0.15) is 0 Å². The van der Waals surface area contributed by atoms with E-state index in [-0.39, 0.29) is 23.0 Å². The van der Waals surface area contributed by atoms with Crippen LogP contribution in [0, 0.1) is 0 Å². The number of para-hydroxylation sites is 2. The van der Waals surface area contributed by atoms with Crippen LogP contribution in [0.5, 0.6) is 23.0 Å². The molecule has 0 heterocycles. The Kier molecular flexibility index (Phi) is 3.49. The Morgan fingerprint density at radius 2 is 1.20 bits per heavy atom. The van der Waals surface area contributed by atoms with E-state index in [4.69, 9.17) is 0 Å². The summed E-state index contributed by atoms with van der Waals surface area (Å²) in [5, 5.41) is 39.5. The van der Waals surface area contributed by atoms with Crippen LogP contribution >= 0.6 is 0 Å². The molecule has 4 heteroatoms. The van der Waals surface area contributed by atoms with E-state index >= 15 is 0 Å². The van der Waals surface area contributed by atoms with Gasteiger partial charge in [0.15, 0.2) is 23.0 Å². The lowest BCUT2D eigenvalue weighted by atomic mass is 9.73. The monoisotopic (exact) mass is 274 g/mol. The summed E-state index contributed by atoms with van der Waals surface area (Å²) in [5.74, 6) is -0.831. The second-order valence-electron chi connectivity index (χ2n) is 5.03. The maximum absolute atomic E-state index is 10.1. The standard InChI is InChI=1S/C16H18O4/c1-3-16(2,10-6-4-8-12(17)14(10)19)11-7-5-9-13(18)15(11)20/h4-9,17-20H,3H2,1-2H3. The molecule has 2 aromatic carbocycles. The molecule has 0 atom stereocenters. The van der Waals surface area contributed by atoms with Gasteiger partial charge in [-0.05, 0) is 18.6 Å². The van der Waals surface area contributed by atoms with E-state index < -0.39 is 5.41 Å². The van der Waals surface area contributed by atoms with Crippen LogP contribution in [-0.4, -0.2) is 20.4 Å². The second kappa shape index (κ2) is 4.96. The molecule has 4 nitrogen and oxygen atoms in total. The molecule has 4 N–H and O–H groups in total. The first-order chi connectivity index (χ1) is 9.41. The third-order valence-corrected chi connectivity index (χ3v) is 3.93. The fourth-order valence-electron chi connectivity index (χ4n) is 2.48.